The van der Waals surface area contributed by atoms with Gasteiger partial charge in [0.1, 0.15) is 0 Å². The molecule has 0 radical (unpaired) electrons. The highest BCUT2D eigenvalue weighted by Gasteiger charge is 2.01. The summed E-state index contributed by atoms with van der Waals surface area (Å²) in [7, 11) is 0. The van der Waals surface area contributed by atoms with Crippen molar-refractivity contribution in [1.29, 1.82) is 0 Å². The Morgan fingerprint density at radius 2 is 2.45 bits per heavy atom. The lowest BCUT2D eigenvalue weighted by Gasteiger charge is -1.81. The highest BCUT2D eigenvalue weighted by atomic mass is 32.1. The molecule has 2 rings (SSSR count). The van der Waals surface area contributed by atoms with E-state index < -0.39 is 0 Å². The summed E-state index contributed by atoms with van der Waals surface area (Å²) in [6.07, 6.45) is 2.78. The molecule has 0 aliphatic rings. The summed E-state index contributed by atoms with van der Waals surface area (Å²) in [6, 6.07) is 0. The first-order valence-corrected chi connectivity index (χ1v) is 5.08. The van der Waals surface area contributed by atoms with Crippen molar-refractivity contribution in [2.24, 2.45) is 0 Å². The molecule has 0 saturated carbocycles. The van der Waals surface area contributed by atoms with Crippen molar-refractivity contribution in [2.75, 3.05) is 0 Å². The van der Waals surface area contributed by atoms with Crippen LogP contribution in [0, 0.1) is 0 Å². The molecule has 0 bridgehead atoms. The normalized spacial score (nSPS) is 10.5. The Hall–Kier alpha value is -0.670. The van der Waals surface area contributed by atoms with Crippen molar-refractivity contribution in [3.8, 4) is 0 Å². The van der Waals surface area contributed by atoms with Crippen molar-refractivity contribution in [3.05, 3.63) is 28.4 Å². The fourth-order valence-corrected chi connectivity index (χ4v) is 2.79. The third-order valence-electron chi connectivity index (χ3n) is 1.40. The van der Waals surface area contributed by atoms with Crippen molar-refractivity contribution in [1.82, 2.24) is 4.98 Å². The molecule has 2 aromatic heterocycles. The van der Waals surface area contributed by atoms with E-state index in [-0.39, 0.29) is 0 Å². The second kappa shape index (κ2) is 2.75. The summed E-state index contributed by atoms with van der Waals surface area (Å²) in [5.41, 5.74) is 1.14. The lowest BCUT2D eigenvalue weighted by atomic mass is 10.4. The predicted octanol–water partition coefficient (Wildman–Crippen LogP) is 3.09. The highest BCUT2D eigenvalue weighted by molar-refractivity contribution is 7.22. The van der Waals surface area contributed by atoms with Crippen LogP contribution in [0.25, 0.3) is 10.2 Å². The monoisotopic (exact) mass is 181 g/mol. The van der Waals surface area contributed by atoms with Gasteiger partial charge < -0.3 is 0 Å². The fourth-order valence-electron chi connectivity index (χ4n) is 0.931. The molecule has 0 fully saturated rings. The van der Waals surface area contributed by atoms with Gasteiger partial charge in [-0.25, -0.2) is 4.98 Å². The summed E-state index contributed by atoms with van der Waals surface area (Å²) >= 11 is 3.46. The SMILES string of the molecule is C=CCc1nc2cscc2s1. The van der Waals surface area contributed by atoms with Crippen molar-refractivity contribution in [2.45, 2.75) is 6.42 Å². The van der Waals surface area contributed by atoms with Crippen LogP contribution in [-0.4, -0.2) is 4.98 Å². The lowest BCUT2D eigenvalue weighted by molar-refractivity contribution is 1.22. The van der Waals surface area contributed by atoms with Gasteiger partial charge in [-0.05, 0) is 0 Å². The molecule has 56 valence electrons. The smallest absolute Gasteiger partial charge is 0.0976 e. The van der Waals surface area contributed by atoms with Crippen LogP contribution in [0.15, 0.2) is 23.4 Å². The first kappa shape index (κ1) is 7.00. The molecule has 0 N–H and O–H groups in total. The Morgan fingerprint density at radius 1 is 1.55 bits per heavy atom. The number of hydrogen-bond donors (Lipinski definition) is 0. The average molecular weight is 181 g/mol. The summed E-state index contributed by atoms with van der Waals surface area (Å²) in [6.45, 7) is 3.68. The summed E-state index contributed by atoms with van der Waals surface area (Å²) < 4.78 is 1.30. The highest BCUT2D eigenvalue weighted by Crippen LogP contribution is 2.25. The van der Waals surface area contributed by atoms with E-state index in [9.17, 15) is 0 Å². The second-order valence-electron chi connectivity index (χ2n) is 2.22. The number of allylic oxidation sites excluding steroid dienone is 1. The van der Waals surface area contributed by atoms with Crippen molar-refractivity contribution >= 4 is 32.9 Å². The number of thiophene rings is 1. The molecule has 0 aliphatic heterocycles. The van der Waals surface area contributed by atoms with Crippen LogP contribution < -0.4 is 0 Å². The summed E-state index contributed by atoms with van der Waals surface area (Å²) in [4.78, 5) is 4.42. The van der Waals surface area contributed by atoms with Gasteiger partial charge in [-0.3, -0.25) is 0 Å². The van der Waals surface area contributed by atoms with E-state index in [2.05, 4.69) is 22.3 Å². The molecule has 0 aliphatic carbocycles. The molecule has 3 heteroatoms. The van der Waals surface area contributed by atoms with Gasteiger partial charge in [0, 0.05) is 17.2 Å². The molecule has 0 atom stereocenters. The third-order valence-corrected chi connectivity index (χ3v) is 3.32. The molecule has 1 nitrogen and oxygen atoms in total. The molecule has 11 heavy (non-hydrogen) atoms. The minimum absolute atomic E-state index is 0.893. The largest absolute Gasteiger partial charge is 0.240 e. The molecular formula is C8H7NS2. The van der Waals surface area contributed by atoms with Crippen LogP contribution in [0.2, 0.25) is 0 Å². The Bertz CT molecular complexity index is 343. The number of aromatic nitrogens is 1. The van der Waals surface area contributed by atoms with E-state index in [1.165, 1.54) is 4.70 Å². The van der Waals surface area contributed by atoms with Gasteiger partial charge in [-0.2, -0.15) is 0 Å². The summed E-state index contributed by atoms with van der Waals surface area (Å²) in [5, 5.41) is 5.38. The minimum atomic E-state index is 0.893. The maximum atomic E-state index is 4.42. The summed E-state index contributed by atoms with van der Waals surface area (Å²) in [5.74, 6) is 0. The van der Waals surface area contributed by atoms with Gasteiger partial charge in [0.15, 0.2) is 0 Å². The van der Waals surface area contributed by atoms with Crippen LogP contribution in [-0.2, 0) is 6.42 Å². The Labute approximate surface area is 73.0 Å². The van der Waals surface area contributed by atoms with Crippen LogP contribution in [0.3, 0.4) is 0 Å². The average Bonchev–Trinajstić information content (AvgIpc) is 2.46. The number of rotatable bonds is 2. The second-order valence-corrected chi connectivity index (χ2v) is 4.08. The lowest BCUT2D eigenvalue weighted by Crippen LogP contribution is -1.74. The van der Waals surface area contributed by atoms with Gasteiger partial charge in [-0.15, -0.1) is 29.3 Å². The van der Waals surface area contributed by atoms with Gasteiger partial charge in [0.25, 0.3) is 0 Å². The maximum Gasteiger partial charge on any atom is 0.0976 e. The van der Waals surface area contributed by atoms with E-state index in [4.69, 9.17) is 0 Å². The zero-order valence-electron chi connectivity index (χ0n) is 5.91. The molecule has 0 saturated heterocycles. The number of hydrogen-bond acceptors (Lipinski definition) is 3. The van der Waals surface area contributed by atoms with E-state index in [0.717, 1.165) is 16.9 Å². The van der Waals surface area contributed by atoms with E-state index in [1.807, 2.05) is 6.08 Å². The Kier molecular flexibility index (Phi) is 1.75. The molecule has 0 amide bonds. The Balaban J connectivity index is 2.49. The third kappa shape index (κ3) is 1.21. The standard InChI is InChI=1S/C8H7NS2/c1-2-3-8-9-6-4-10-5-7(6)11-8/h2,4-5H,1,3H2. The molecule has 2 heterocycles. The van der Waals surface area contributed by atoms with Crippen molar-refractivity contribution < 1.29 is 0 Å². The van der Waals surface area contributed by atoms with Crippen LogP contribution in [0.1, 0.15) is 5.01 Å². The first-order chi connectivity index (χ1) is 5.40. The van der Waals surface area contributed by atoms with Gasteiger partial charge in [0.05, 0.1) is 15.2 Å². The van der Waals surface area contributed by atoms with Gasteiger partial charge >= 0.3 is 0 Å². The van der Waals surface area contributed by atoms with Crippen LogP contribution in [0.5, 0.6) is 0 Å². The molecule has 0 unspecified atom stereocenters. The maximum absolute atomic E-state index is 4.42. The van der Waals surface area contributed by atoms with Crippen molar-refractivity contribution in [3.63, 3.8) is 0 Å². The van der Waals surface area contributed by atoms with Crippen LogP contribution >= 0.6 is 22.7 Å². The Morgan fingerprint density at radius 3 is 3.18 bits per heavy atom. The van der Waals surface area contributed by atoms with Crippen LogP contribution in [0.4, 0.5) is 0 Å². The van der Waals surface area contributed by atoms with E-state index in [1.54, 1.807) is 22.7 Å². The molecular weight excluding hydrogens is 174 g/mol. The minimum Gasteiger partial charge on any atom is -0.240 e. The number of nitrogens with zero attached hydrogens (tertiary/aromatic N) is 1. The van der Waals surface area contributed by atoms with E-state index >= 15 is 0 Å². The fraction of sp³-hybridized carbons (Fsp3) is 0.125. The zero-order chi connectivity index (χ0) is 7.68. The molecule has 0 spiro atoms. The topological polar surface area (TPSA) is 12.9 Å². The molecule has 0 aromatic carbocycles. The zero-order valence-corrected chi connectivity index (χ0v) is 7.54. The quantitative estimate of drug-likeness (QED) is 0.649. The molecule has 2 aromatic rings. The first-order valence-electron chi connectivity index (χ1n) is 3.32. The predicted molar refractivity (Wildman–Crippen MR) is 51.4 cm³/mol. The van der Waals surface area contributed by atoms with Gasteiger partial charge in [-0.1, -0.05) is 6.08 Å². The number of thiazole rings is 1. The van der Waals surface area contributed by atoms with Gasteiger partial charge in [0.2, 0.25) is 0 Å². The van der Waals surface area contributed by atoms with E-state index in [0.29, 0.717) is 0 Å². The number of fused-ring (bicyclic) bond motifs is 1.